The average molecular weight is 160 g/mol. The highest BCUT2D eigenvalue weighted by Gasteiger charge is 2.06. The molecule has 0 spiro atoms. The molecule has 0 aliphatic carbocycles. The van der Waals surface area contributed by atoms with Crippen molar-refractivity contribution in [2.75, 3.05) is 6.61 Å². The fraction of sp³-hybridized carbons (Fsp3) is 1.00. The first kappa shape index (κ1) is 10.9. The second-order valence-corrected chi connectivity index (χ2v) is 3.57. The molecule has 2 unspecified atom stereocenters. The Morgan fingerprint density at radius 3 is 2.09 bits per heavy atom. The van der Waals surface area contributed by atoms with Crippen LogP contribution < -0.4 is 0 Å². The van der Waals surface area contributed by atoms with E-state index >= 15 is 0 Å². The lowest BCUT2D eigenvalue weighted by Crippen LogP contribution is -2.15. The van der Waals surface area contributed by atoms with Crippen LogP contribution in [0, 0.1) is 5.92 Å². The second kappa shape index (κ2) is 5.56. The maximum absolute atomic E-state index is 9.03. The van der Waals surface area contributed by atoms with Crippen LogP contribution in [-0.2, 0) is 4.74 Å². The largest absolute Gasteiger partial charge is 0.393 e. The predicted octanol–water partition coefficient (Wildman–Crippen LogP) is 1.82. The normalized spacial score (nSPS) is 16.9. The van der Waals surface area contributed by atoms with Gasteiger partial charge in [-0.3, -0.25) is 0 Å². The third-order valence-corrected chi connectivity index (χ3v) is 1.46. The minimum atomic E-state index is -0.208. The summed E-state index contributed by atoms with van der Waals surface area (Å²) < 4.78 is 5.39. The molecule has 0 aromatic carbocycles. The van der Waals surface area contributed by atoms with Crippen molar-refractivity contribution in [1.29, 1.82) is 0 Å². The van der Waals surface area contributed by atoms with Gasteiger partial charge in [0.1, 0.15) is 0 Å². The number of aliphatic hydroxyl groups excluding tert-OH is 1. The maximum atomic E-state index is 9.03. The smallest absolute Gasteiger partial charge is 0.0519 e. The average Bonchev–Trinajstić information content (AvgIpc) is 1.82. The van der Waals surface area contributed by atoms with Gasteiger partial charge in [0, 0.05) is 6.61 Å². The van der Waals surface area contributed by atoms with Crippen LogP contribution in [0.3, 0.4) is 0 Å². The van der Waals surface area contributed by atoms with E-state index in [1.54, 1.807) is 0 Å². The highest BCUT2D eigenvalue weighted by molar-refractivity contribution is 4.56. The van der Waals surface area contributed by atoms with E-state index in [2.05, 4.69) is 6.92 Å². The standard InChI is InChI=1S/C9H20O2/c1-7(2)11-6-8(3)5-9(4)10/h7-10H,5-6H2,1-4H3. The van der Waals surface area contributed by atoms with Crippen molar-refractivity contribution in [3.05, 3.63) is 0 Å². The van der Waals surface area contributed by atoms with E-state index in [1.807, 2.05) is 20.8 Å². The van der Waals surface area contributed by atoms with Gasteiger partial charge in [-0.15, -0.1) is 0 Å². The Hall–Kier alpha value is -0.0800. The highest BCUT2D eigenvalue weighted by Crippen LogP contribution is 2.06. The summed E-state index contributed by atoms with van der Waals surface area (Å²) in [6.07, 6.45) is 0.916. The fourth-order valence-corrected chi connectivity index (χ4v) is 1.01. The van der Waals surface area contributed by atoms with Crippen LogP contribution in [0.1, 0.15) is 34.1 Å². The number of ether oxygens (including phenoxy) is 1. The molecule has 0 bridgehead atoms. The number of hydrogen-bond donors (Lipinski definition) is 1. The first-order chi connectivity index (χ1) is 5.02. The van der Waals surface area contributed by atoms with E-state index < -0.39 is 0 Å². The maximum Gasteiger partial charge on any atom is 0.0519 e. The molecule has 0 rings (SSSR count). The zero-order valence-electron chi connectivity index (χ0n) is 8.00. The Balaban J connectivity index is 3.29. The summed E-state index contributed by atoms with van der Waals surface area (Å²) in [4.78, 5) is 0. The van der Waals surface area contributed by atoms with Crippen LogP contribution in [0.25, 0.3) is 0 Å². The Morgan fingerprint density at radius 1 is 1.18 bits per heavy atom. The predicted molar refractivity (Wildman–Crippen MR) is 46.5 cm³/mol. The zero-order chi connectivity index (χ0) is 8.85. The Bertz CT molecular complexity index is 89.6. The first-order valence-corrected chi connectivity index (χ1v) is 4.32. The molecule has 0 fully saturated rings. The molecule has 11 heavy (non-hydrogen) atoms. The third kappa shape index (κ3) is 7.82. The van der Waals surface area contributed by atoms with Gasteiger partial charge in [-0.05, 0) is 33.1 Å². The van der Waals surface area contributed by atoms with Gasteiger partial charge in [0.15, 0.2) is 0 Å². The molecule has 0 aromatic heterocycles. The molecule has 68 valence electrons. The van der Waals surface area contributed by atoms with Crippen LogP contribution in [0.15, 0.2) is 0 Å². The molecule has 0 aliphatic rings. The molecule has 0 saturated heterocycles. The minimum Gasteiger partial charge on any atom is -0.393 e. The van der Waals surface area contributed by atoms with Gasteiger partial charge in [-0.2, -0.15) is 0 Å². The lowest BCUT2D eigenvalue weighted by molar-refractivity contribution is 0.0405. The summed E-state index contributed by atoms with van der Waals surface area (Å²) in [5, 5.41) is 9.03. The van der Waals surface area contributed by atoms with Gasteiger partial charge >= 0.3 is 0 Å². The zero-order valence-corrected chi connectivity index (χ0v) is 8.00. The number of rotatable bonds is 5. The van der Waals surface area contributed by atoms with Crippen LogP contribution in [-0.4, -0.2) is 23.9 Å². The molecular formula is C9H20O2. The van der Waals surface area contributed by atoms with Crippen molar-refractivity contribution in [1.82, 2.24) is 0 Å². The summed E-state index contributed by atoms with van der Waals surface area (Å²) in [5.41, 5.74) is 0. The molecule has 2 nitrogen and oxygen atoms in total. The third-order valence-electron chi connectivity index (χ3n) is 1.46. The summed E-state index contributed by atoms with van der Waals surface area (Å²) >= 11 is 0. The molecule has 1 N–H and O–H groups in total. The van der Waals surface area contributed by atoms with E-state index in [-0.39, 0.29) is 6.10 Å². The molecule has 2 heteroatoms. The molecule has 2 atom stereocenters. The molecule has 0 aliphatic heterocycles. The van der Waals surface area contributed by atoms with Crippen LogP contribution >= 0.6 is 0 Å². The Labute approximate surface area is 69.6 Å². The van der Waals surface area contributed by atoms with Crippen LogP contribution in [0.4, 0.5) is 0 Å². The quantitative estimate of drug-likeness (QED) is 0.664. The monoisotopic (exact) mass is 160 g/mol. The summed E-state index contributed by atoms with van der Waals surface area (Å²) in [5.74, 6) is 0.456. The summed E-state index contributed by atoms with van der Waals surface area (Å²) in [7, 11) is 0. The molecule has 0 aromatic rings. The molecule has 0 radical (unpaired) electrons. The topological polar surface area (TPSA) is 29.5 Å². The van der Waals surface area contributed by atoms with Crippen molar-refractivity contribution in [2.24, 2.45) is 5.92 Å². The van der Waals surface area contributed by atoms with Crippen LogP contribution in [0.2, 0.25) is 0 Å². The molecule has 0 amide bonds. The Morgan fingerprint density at radius 2 is 1.73 bits per heavy atom. The van der Waals surface area contributed by atoms with Crippen molar-refractivity contribution in [3.8, 4) is 0 Å². The lowest BCUT2D eigenvalue weighted by Gasteiger charge is -2.15. The van der Waals surface area contributed by atoms with E-state index in [4.69, 9.17) is 9.84 Å². The minimum absolute atomic E-state index is 0.208. The molecule has 0 heterocycles. The van der Waals surface area contributed by atoms with Crippen molar-refractivity contribution < 1.29 is 9.84 Å². The van der Waals surface area contributed by atoms with E-state index in [9.17, 15) is 0 Å². The van der Waals surface area contributed by atoms with Crippen LogP contribution in [0.5, 0.6) is 0 Å². The van der Waals surface area contributed by atoms with Gasteiger partial charge in [-0.1, -0.05) is 6.92 Å². The molecule has 0 saturated carbocycles. The van der Waals surface area contributed by atoms with E-state index in [1.165, 1.54) is 0 Å². The fourth-order valence-electron chi connectivity index (χ4n) is 1.01. The second-order valence-electron chi connectivity index (χ2n) is 3.57. The lowest BCUT2D eigenvalue weighted by atomic mass is 10.1. The van der Waals surface area contributed by atoms with Gasteiger partial charge < -0.3 is 9.84 Å². The van der Waals surface area contributed by atoms with Crippen molar-refractivity contribution >= 4 is 0 Å². The van der Waals surface area contributed by atoms with E-state index in [0.29, 0.717) is 12.0 Å². The number of aliphatic hydroxyl groups is 1. The highest BCUT2D eigenvalue weighted by atomic mass is 16.5. The summed E-state index contributed by atoms with van der Waals surface area (Å²) in [6.45, 7) is 8.70. The summed E-state index contributed by atoms with van der Waals surface area (Å²) in [6, 6.07) is 0. The Kier molecular flexibility index (Phi) is 5.51. The molecular weight excluding hydrogens is 140 g/mol. The first-order valence-electron chi connectivity index (χ1n) is 4.32. The number of hydrogen-bond acceptors (Lipinski definition) is 2. The SMILES string of the molecule is CC(O)CC(C)COC(C)C. The van der Waals surface area contributed by atoms with Gasteiger partial charge in [0.2, 0.25) is 0 Å². The van der Waals surface area contributed by atoms with Crippen molar-refractivity contribution in [3.63, 3.8) is 0 Å². The van der Waals surface area contributed by atoms with Gasteiger partial charge in [0.05, 0.1) is 12.2 Å². The van der Waals surface area contributed by atoms with Crippen molar-refractivity contribution in [2.45, 2.75) is 46.3 Å². The van der Waals surface area contributed by atoms with E-state index in [0.717, 1.165) is 13.0 Å². The van der Waals surface area contributed by atoms with Gasteiger partial charge in [0.25, 0.3) is 0 Å². The van der Waals surface area contributed by atoms with Gasteiger partial charge in [-0.25, -0.2) is 0 Å².